The minimum Gasteiger partial charge on any atom is -0.496 e. The highest BCUT2D eigenvalue weighted by Gasteiger charge is 2.13. The number of benzene rings is 2. The van der Waals surface area contributed by atoms with Crippen LogP contribution in [0.4, 0.5) is 5.69 Å². The number of hydrogen-bond donors (Lipinski definition) is 1. The van der Waals surface area contributed by atoms with Crippen LogP contribution < -0.4 is 10.5 Å². The van der Waals surface area contributed by atoms with E-state index in [1.54, 1.807) is 14.0 Å². The average molecular weight is 367 g/mol. The summed E-state index contributed by atoms with van der Waals surface area (Å²) in [6.07, 6.45) is 0. The highest BCUT2D eigenvalue weighted by atomic mass is 35.5. The van der Waals surface area contributed by atoms with Gasteiger partial charge in [0.1, 0.15) is 11.6 Å². The van der Waals surface area contributed by atoms with Gasteiger partial charge in [0.15, 0.2) is 0 Å². The van der Waals surface area contributed by atoms with Gasteiger partial charge in [-0.2, -0.15) is 0 Å². The van der Waals surface area contributed by atoms with Gasteiger partial charge in [0, 0.05) is 7.05 Å². The summed E-state index contributed by atoms with van der Waals surface area (Å²) >= 11 is 0. The summed E-state index contributed by atoms with van der Waals surface area (Å²) in [5.41, 5.74) is 9.32. The van der Waals surface area contributed by atoms with E-state index in [2.05, 4.69) is 9.56 Å². The maximum atomic E-state index is 5.64. The van der Waals surface area contributed by atoms with Crippen LogP contribution in [0.5, 0.6) is 5.75 Å². The van der Waals surface area contributed by atoms with E-state index >= 15 is 0 Å². The summed E-state index contributed by atoms with van der Waals surface area (Å²) in [5.74, 6) is 2.19. The molecule has 0 aliphatic carbocycles. The SMILES string of the molecule is COc1ccccc1-c1nc2cc(N=C(C)N)ccc2n1C.Cl.Cl. The number of rotatable bonds is 3. The first-order valence-corrected chi connectivity index (χ1v) is 7.01. The highest BCUT2D eigenvalue weighted by molar-refractivity contribution is 5.87. The molecule has 0 unspecified atom stereocenters. The third kappa shape index (κ3) is 3.63. The second kappa shape index (κ2) is 8.04. The van der Waals surface area contributed by atoms with Gasteiger partial charge >= 0.3 is 0 Å². The number of imidazole rings is 1. The van der Waals surface area contributed by atoms with Crippen LogP contribution in [0.3, 0.4) is 0 Å². The van der Waals surface area contributed by atoms with Gasteiger partial charge in [0.05, 0.1) is 35.2 Å². The van der Waals surface area contributed by atoms with Crippen LogP contribution in [0, 0.1) is 0 Å². The van der Waals surface area contributed by atoms with Crippen molar-refractivity contribution in [3.63, 3.8) is 0 Å². The summed E-state index contributed by atoms with van der Waals surface area (Å²) < 4.78 is 7.49. The van der Waals surface area contributed by atoms with E-state index < -0.39 is 0 Å². The smallest absolute Gasteiger partial charge is 0.144 e. The fraction of sp³-hybridized carbons (Fsp3) is 0.176. The molecule has 24 heavy (non-hydrogen) atoms. The van der Waals surface area contributed by atoms with Crippen molar-refractivity contribution in [2.75, 3.05) is 7.11 Å². The number of ether oxygens (including phenoxy) is 1. The van der Waals surface area contributed by atoms with Gasteiger partial charge in [0.2, 0.25) is 0 Å². The van der Waals surface area contributed by atoms with Crippen molar-refractivity contribution >= 4 is 47.4 Å². The molecule has 0 aliphatic heterocycles. The number of nitrogens with zero attached hydrogens (tertiary/aromatic N) is 3. The molecular weight excluding hydrogens is 347 g/mol. The lowest BCUT2D eigenvalue weighted by molar-refractivity contribution is 0.416. The largest absolute Gasteiger partial charge is 0.496 e. The van der Waals surface area contributed by atoms with Gasteiger partial charge in [-0.3, -0.25) is 0 Å². The molecule has 1 aromatic heterocycles. The number of fused-ring (bicyclic) bond motifs is 1. The first kappa shape index (κ1) is 19.8. The van der Waals surface area contributed by atoms with Crippen molar-refractivity contribution < 1.29 is 4.74 Å². The number of aromatic nitrogens is 2. The molecule has 1 heterocycles. The summed E-state index contributed by atoms with van der Waals surface area (Å²) in [4.78, 5) is 9.01. The Balaban J connectivity index is 0.00000144. The maximum absolute atomic E-state index is 5.64. The van der Waals surface area contributed by atoms with Crippen LogP contribution in [0.25, 0.3) is 22.4 Å². The van der Waals surface area contributed by atoms with Crippen LogP contribution in [0.2, 0.25) is 0 Å². The van der Waals surface area contributed by atoms with Gasteiger partial charge < -0.3 is 15.0 Å². The average Bonchev–Trinajstić information content (AvgIpc) is 2.83. The predicted molar refractivity (Wildman–Crippen MR) is 104 cm³/mol. The molecule has 0 radical (unpaired) electrons. The van der Waals surface area contributed by atoms with E-state index in [4.69, 9.17) is 15.5 Å². The molecule has 3 aromatic rings. The molecule has 0 bridgehead atoms. The topological polar surface area (TPSA) is 65.4 Å². The molecule has 7 heteroatoms. The monoisotopic (exact) mass is 366 g/mol. The normalized spacial score (nSPS) is 10.9. The van der Waals surface area contributed by atoms with E-state index in [-0.39, 0.29) is 24.8 Å². The molecule has 2 N–H and O–H groups in total. The number of para-hydroxylation sites is 1. The summed E-state index contributed by atoms with van der Waals surface area (Å²) in [7, 11) is 3.66. The van der Waals surface area contributed by atoms with E-state index in [0.717, 1.165) is 33.9 Å². The Morgan fingerprint density at radius 2 is 1.88 bits per heavy atom. The summed E-state index contributed by atoms with van der Waals surface area (Å²) in [6.45, 7) is 1.77. The third-order valence-corrected chi connectivity index (χ3v) is 3.52. The van der Waals surface area contributed by atoms with E-state index in [9.17, 15) is 0 Å². The molecule has 0 spiro atoms. The molecule has 0 fully saturated rings. The van der Waals surface area contributed by atoms with Gasteiger partial charge in [-0.25, -0.2) is 9.98 Å². The van der Waals surface area contributed by atoms with Crippen molar-refractivity contribution in [3.8, 4) is 17.1 Å². The molecule has 128 valence electrons. The number of aliphatic imine (C=N–C) groups is 1. The lowest BCUT2D eigenvalue weighted by atomic mass is 10.2. The standard InChI is InChI=1S/C17H18N4O.2ClH/c1-11(18)19-12-8-9-15-14(10-12)20-17(21(15)2)13-6-4-5-7-16(13)22-3;;/h4-10H,1-3H3,(H2,18,19);2*1H. The first-order valence-electron chi connectivity index (χ1n) is 7.01. The zero-order valence-corrected chi connectivity index (χ0v) is 15.3. The fourth-order valence-corrected chi connectivity index (χ4v) is 2.53. The molecule has 0 aliphatic rings. The number of methoxy groups -OCH3 is 1. The van der Waals surface area contributed by atoms with Gasteiger partial charge in [-0.05, 0) is 37.3 Å². The zero-order valence-electron chi connectivity index (χ0n) is 13.7. The number of amidine groups is 1. The van der Waals surface area contributed by atoms with Crippen LogP contribution in [-0.4, -0.2) is 22.5 Å². The Morgan fingerprint density at radius 3 is 2.54 bits per heavy atom. The number of hydrogen-bond acceptors (Lipinski definition) is 3. The van der Waals surface area contributed by atoms with Gasteiger partial charge in [0.25, 0.3) is 0 Å². The Bertz CT molecular complexity index is 870. The van der Waals surface area contributed by atoms with Crippen LogP contribution >= 0.6 is 24.8 Å². The van der Waals surface area contributed by atoms with Crippen molar-refractivity contribution in [1.82, 2.24) is 9.55 Å². The molecule has 0 atom stereocenters. The number of halogens is 2. The van der Waals surface area contributed by atoms with Crippen molar-refractivity contribution in [2.24, 2.45) is 17.8 Å². The van der Waals surface area contributed by atoms with Crippen LogP contribution in [0.1, 0.15) is 6.92 Å². The Hall–Kier alpha value is -2.24. The highest BCUT2D eigenvalue weighted by Crippen LogP contribution is 2.32. The number of nitrogens with two attached hydrogens (primary N) is 1. The first-order chi connectivity index (χ1) is 10.6. The van der Waals surface area contributed by atoms with Crippen LogP contribution in [-0.2, 0) is 7.05 Å². The van der Waals surface area contributed by atoms with E-state index in [0.29, 0.717) is 5.84 Å². The van der Waals surface area contributed by atoms with Crippen molar-refractivity contribution in [2.45, 2.75) is 6.92 Å². The van der Waals surface area contributed by atoms with Crippen molar-refractivity contribution in [1.29, 1.82) is 0 Å². The third-order valence-electron chi connectivity index (χ3n) is 3.52. The summed E-state index contributed by atoms with van der Waals surface area (Å²) in [5, 5.41) is 0. The lowest BCUT2D eigenvalue weighted by Crippen LogP contribution is -2.03. The van der Waals surface area contributed by atoms with E-state index in [1.165, 1.54) is 0 Å². The molecule has 2 aromatic carbocycles. The lowest BCUT2D eigenvalue weighted by Gasteiger charge is -2.07. The minimum absolute atomic E-state index is 0. The fourth-order valence-electron chi connectivity index (χ4n) is 2.53. The molecule has 3 rings (SSSR count). The Morgan fingerprint density at radius 1 is 1.17 bits per heavy atom. The Kier molecular flexibility index (Phi) is 6.63. The molecule has 0 saturated heterocycles. The molecule has 5 nitrogen and oxygen atoms in total. The molecule has 0 amide bonds. The quantitative estimate of drug-likeness (QED) is 0.560. The predicted octanol–water partition coefficient (Wildman–Crippen LogP) is 4.10. The second-order valence-electron chi connectivity index (χ2n) is 5.12. The van der Waals surface area contributed by atoms with E-state index in [1.807, 2.05) is 49.5 Å². The van der Waals surface area contributed by atoms with Gasteiger partial charge in [-0.1, -0.05) is 12.1 Å². The second-order valence-corrected chi connectivity index (χ2v) is 5.12. The molecule has 0 saturated carbocycles. The molecular formula is C17H20Cl2N4O. The number of aryl methyl sites for hydroxylation is 1. The van der Waals surface area contributed by atoms with Crippen molar-refractivity contribution in [3.05, 3.63) is 42.5 Å². The van der Waals surface area contributed by atoms with Gasteiger partial charge in [-0.15, -0.1) is 24.8 Å². The van der Waals surface area contributed by atoms with Crippen LogP contribution in [0.15, 0.2) is 47.5 Å². The Labute approximate surface area is 153 Å². The zero-order chi connectivity index (χ0) is 15.7. The maximum Gasteiger partial charge on any atom is 0.144 e. The summed E-state index contributed by atoms with van der Waals surface area (Å²) in [6, 6.07) is 13.7. The minimum atomic E-state index is 0.